The lowest BCUT2D eigenvalue weighted by atomic mass is 9.88. The zero-order valence-corrected chi connectivity index (χ0v) is 21.5. The van der Waals surface area contributed by atoms with Gasteiger partial charge in [-0.2, -0.15) is 4.31 Å². The molecule has 1 aliphatic heterocycles. The van der Waals surface area contributed by atoms with Gasteiger partial charge < -0.3 is 14.8 Å². The smallest absolute Gasteiger partial charge is 0.220 e. The lowest BCUT2D eigenvalue weighted by Gasteiger charge is -2.29. The van der Waals surface area contributed by atoms with Gasteiger partial charge in [0.2, 0.25) is 15.9 Å². The molecule has 3 aromatic carbocycles. The van der Waals surface area contributed by atoms with Crippen molar-refractivity contribution >= 4 is 15.9 Å². The van der Waals surface area contributed by atoms with Crippen molar-refractivity contribution in [1.29, 1.82) is 0 Å². The molecule has 1 N–H and O–H groups in total. The highest BCUT2D eigenvalue weighted by Crippen LogP contribution is 2.34. The molecule has 0 saturated heterocycles. The highest BCUT2D eigenvalue weighted by atomic mass is 32.2. The van der Waals surface area contributed by atoms with E-state index in [-0.39, 0.29) is 37.1 Å². The Morgan fingerprint density at radius 1 is 0.917 bits per heavy atom. The van der Waals surface area contributed by atoms with Crippen molar-refractivity contribution in [3.05, 3.63) is 95.1 Å². The number of nitrogens with zero attached hydrogens (tertiary/aromatic N) is 1. The lowest BCUT2D eigenvalue weighted by Crippen LogP contribution is -2.40. The molecule has 1 heterocycles. The normalized spacial score (nSPS) is 13.8. The first-order chi connectivity index (χ1) is 17.4. The molecule has 8 heteroatoms. The van der Waals surface area contributed by atoms with Gasteiger partial charge in [-0.1, -0.05) is 60.7 Å². The Kier molecular flexibility index (Phi) is 8.28. The minimum absolute atomic E-state index is 0.0623. The number of carbonyl (C=O) groups excluding carboxylic acids is 1. The van der Waals surface area contributed by atoms with E-state index < -0.39 is 10.0 Å². The van der Waals surface area contributed by atoms with Gasteiger partial charge in [0.05, 0.1) is 20.0 Å². The second-order valence-electron chi connectivity index (χ2n) is 8.80. The number of hydrogen-bond donors (Lipinski definition) is 1. The quantitative estimate of drug-likeness (QED) is 0.451. The summed E-state index contributed by atoms with van der Waals surface area (Å²) in [4.78, 5) is 12.8. The molecular weight excluding hydrogens is 476 g/mol. The summed E-state index contributed by atoms with van der Waals surface area (Å²) in [5, 5.41) is 2.82. The maximum Gasteiger partial charge on any atom is 0.220 e. The van der Waals surface area contributed by atoms with E-state index in [1.807, 2.05) is 72.8 Å². The summed E-state index contributed by atoms with van der Waals surface area (Å²) in [6.07, 6.45) is 0.837. The number of hydrogen-bond acceptors (Lipinski definition) is 5. The van der Waals surface area contributed by atoms with Crippen molar-refractivity contribution in [1.82, 2.24) is 9.62 Å². The number of nitrogens with one attached hydrogen (secondary N) is 1. The number of rotatable bonds is 10. The zero-order valence-electron chi connectivity index (χ0n) is 20.6. The van der Waals surface area contributed by atoms with Gasteiger partial charge in [0.1, 0.15) is 0 Å². The summed E-state index contributed by atoms with van der Waals surface area (Å²) < 4.78 is 38.3. The number of ether oxygens (including phenoxy) is 2. The molecule has 0 radical (unpaired) electrons. The fraction of sp³-hybridized carbons (Fsp3) is 0.321. The molecule has 36 heavy (non-hydrogen) atoms. The number of sulfonamides is 1. The Labute approximate surface area is 213 Å². The van der Waals surface area contributed by atoms with Gasteiger partial charge in [-0.15, -0.1) is 0 Å². The van der Waals surface area contributed by atoms with Crippen LogP contribution in [0.4, 0.5) is 0 Å². The Balaban J connectivity index is 1.36. The Morgan fingerprint density at radius 3 is 2.03 bits per heavy atom. The average molecular weight is 509 g/mol. The first-order valence-electron chi connectivity index (χ1n) is 12.0. The molecule has 0 bridgehead atoms. The van der Waals surface area contributed by atoms with Crippen molar-refractivity contribution in [3.63, 3.8) is 0 Å². The monoisotopic (exact) mass is 508 g/mol. The van der Waals surface area contributed by atoms with E-state index in [0.29, 0.717) is 24.5 Å². The molecule has 0 aliphatic carbocycles. The SMILES string of the molecule is COc1cc2c(cc1OC)CN(S(=O)(=O)CCNC(=O)CC(c1ccccc1)c1ccccc1)CC2. The summed E-state index contributed by atoms with van der Waals surface area (Å²) in [7, 11) is -0.400. The Morgan fingerprint density at radius 2 is 1.47 bits per heavy atom. The van der Waals surface area contributed by atoms with Crippen molar-refractivity contribution < 1.29 is 22.7 Å². The summed E-state index contributed by atoms with van der Waals surface area (Å²) in [6.45, 7) is 0.728. The summed E-state index contributed by atoms with van der Waals surface area (Å²) in [5.74, 6) is 0.787. The van der Waals surface area contributed by atoms with Crippen LogP contribution in [-0.2, 0) is 27.8 Å². The van der Waals surface area contributed by atoms with E-state index in [2.05, 4.69) is 5.32 Å². The standard InChI is InChI=1S/C28H32N2O5S/c1-34-26-17-23-13-15-30(20-24(23)18-27(26)35-2)36(32,33)16-14-29-28(31)19-25(21-9-5-3-6-10-21)22-11-7-4-8-12-22/h3-12,17-18,25H,13-16,19-20H2,1-2H3,(H,29,31). The van der Waals surface area contributed by atoms with Crippen LogP contribution in [-0.4, -0.2) is 51.7 Å². The van der Waals surface area contributed by atoms with Crippen LogP contribution in [0, 0.1) is 0 Å². The van der Waals surface area contributed by atoms with Crippen LogP contribution in [0.1, 0.15) is 34.6 Å². The molecule has 0 atom stereocenters. The first kappa shape index (κ1) is 25.7. The predicted molar refractivity (Wildman–Crippen MR) is 140 cm³/mol. The third-order valence-corrected chi connectivity index (χ3v) is 8.37. The number of fused-ring (bicyclic) bond motifs is 1. The van der Waals surface area contributed by atoms with E-state index in [4.69, 9.17) is 9.47 Å². The average Bonchev–Trinajstić information content (AvgIpc) is 2.91. The summed E-state index contributed by atoms with van der Waals surface area (Å²) in [5.41, 5.74) is 4.05. The number of benzene rings is 3. The predicted octanol–water partition coefficient (Wildman–Crippen LogP) is 3.73. The molecule has 0 saturated carbocycles. The zero-order chi connectivity index (χ0) is 25.5. The molecule has 4 rings (SSSR count). The minimum Gasteiger partial charge on any atom is -0.493 e. The van der Waals surface area contributed by atoms with Gasteiger partial charge >= 0.3 is 0 Å². The largest absolute Gasteiger partial charge is 0.493 e. The van der Waals surface area contributed by atoms with Crippen molar-refractivity contribution in [2.75, 3.05) is 33.1 Å². The molecule has 1 amide bonds. The van der Waals surface area contributed by atoms with Crippen molar-refractivity contribution in [2.24, 2.45) is 0 Å². The molecule has 3 aromatic rings. The molecular formula is C28H32N2O5S. The van der Waals surface area contributed by atoms with Gasteiger partial charge in [-0.3, -0.25) is 4.79 Å². The Hall–Kier alpha value is -3.36. The van der Waals surface area contributed by atoms with Gasteiger partial charge in [-0.25, -0.2) is 8.42 Å². The molecule has 0 unspecified atom stereocenters. The van der Waals surface area contributed by atoms with Gasteiger partial charge in [0.15, 0.2) is 11.5 Å². The maximum atomic E-state index is 13.0. The summed E-state index contributed by atoms with van der Waals surface area (Å²) in [6, 6.07) is 23.5. The van der Waals surface area contributed by atoms with E-state index in [1.54, 1.807) is 14.2 Å². The first-order valence-corrected chi connectivity index (χ1v) is 13.6. The maximum absolute atomic E-state index is 13.0. The molecule has 190 valence electrons. The van der Waals surface area contributed by atoms with Crippen LogP contribution in [0.5, 0.6) is 11.5 Å². The van der Waals surface area contributed by atoms with Gasteiger partial charge in [0.25, 0.3) is 0 Å². The van der Waals surface area contributed by atoms with Crippen LogP contribution in [0.3, 0.4) is 0 Å². The molecule has 7 nitrogen and oxygen atoms in total. The fourth-order valence-electron chi connectivity index (χ4n) is 4.60. The van der Waals surface area contributed by atoms with E-state index in [9.17, 15) is 13.2 Å². The van der Waals surface area contributed by atoms with Gasteiger partial charge in [-0.05, 0) is 40.8 Å². The van der Waals surface area contributed by atoms with E-state index >= 15 is 0 Å². The number of amides is 1. The topological polar surface area (TPSA) is 84.9 Å². The highest BCUT2D eigenvalue weighted by Gasteiger charge is 2.28. The summed E-state index contributed by atoms with van der Waals surface area (Å²) >= 11 is 0. The van der Waals surface area contributed by atoms with Crippen LogP contribution in [0.2, 0.25) is 0 Å². The van der Waals surface area contributed by atoms with Crippen LogP contribution in [0.25, 0.3) is 0 Å². The third-order valence-electron chi connectivity index (χ3n) is 6.55. The lowest BCUT2D eigenvalue weighted by molar-refractivity contribution is -0.121. The molecule has 0 spiro atoms. The second kappa shape index (κ2) is 11.6. The number of carbonyl (C=O) groups is 1. The molecule has 0 aromatic heterocycles. The molecule has 1 aliphatic rings. The van der Waals surface area contributed by atoms with Gasteiger partial charge in [0, 0.05) is 32.0 Å². The minimum atomic E-state index is -3.54. The third kappa shape index (κ3) is 6.06. The fourth-order valence-corrected chi connectivity index (χ4v) is 5.92. The van der Waals surface area contributed by atoms with E-state index in [1.165, 1.54) is 4.31 Å². The second-order valence-corrected chi connectivity index (χ2v) is 10.9. The van der Waals surface area contributed by atoms with Crippen molar-refractivity contribution in [2.45, 2.75) is 25.3 Å². The van der Waals surface area contributed by atoms with Crippen LogP contribution < -0.4 is 14.8 Å². The number of methoxy groups -OCH3 is 2. The molecule has 0 fully saturated rings. The van der Waals surface area contributed by atoms with E-state index in [0.717, 1.165) is 22.3 Å². The Bertz CT molecular complexity index is 1240. The van der Waals surface area contributed by atoms with Crippen LogP contribution in [0.15, 0.2) is 72.8 Å². The van der Waals surface area contributed by atoms with Crippen LogP contribution >= 0.6 is 0 Å². The van der Waals surface area contributed by atoms with Crippen molar-refractivity contribution in [3.8, 4) is 11.5 Å². The highest BCUT2D eigenvalue weighted by molar-refractivity contribution is 7.89.